The molecule has 0 radical (unpaired) electrons. The minimum atomic E-state index is 0.136. The Hall–Kier alpha value is -0.690. The molecule has 0 bridgehead atoms. The molecule has 6 heteroatoms. The van der Waals surface area contributed by atoms with Gasteiger partial charge in [-0.25, -0.2) is 0 Å². The molecule has 0 N–H and O–H groups in total. The normalized spacial score (nSPS) is 15.9. The van der Waals surface area contributed by atoms with Crippen molar-refractivity contribution in [2.75, 3.05) is 26.2 Å². The lowest BCUT2D eigenvalue weighted by Gasteiger charge is -2.34. The topological polar surface area (TPSA) is 23.6 Å². The van der Waals surface area contributed by atoms with Gasteiger partial charge in [-0.05, 0) is 50.4 Å². The molecule has 122 valence electrons. The number of hydrogen-bond acceptors (Lipinski definition) is 3. The highest BCUT2D eigenvalue weighted by Crippen LogP contribution is 2.33. The average molecular weight is 458 g/mol. The number of carbonyl (C=O) groups excluding carboxylic acids is 1. The Kier molecular flexibility index (Phi) is 5.57. The van der Waals surface area contributed by atoms with Crippen molar-refractivity contribution >= 4 is 49.1 Å². The van der Waals surface area contributed by atoms with Gasteiger partial charge in [0.05, 0.1) is 8.66 Å². The van der Waals surface area contributed by atoms with Crippen molar-refractivity contribution < 1.29 is 4.79 Å². The highest BCUT2D eigenvalue weighted by molar-refractivity contribution is 9.13. The van der Waals surface area contributed by atoms with Crippen molar-refractivity contribution in [3.05, 3.63) is 54.6 Å². The number of benzene rings is 1. The molecule has 0 atom stereocenters. The number of carbonyl (C=O) groups is 1. The molecule has 0 spiro atoms. The van der Waals surface area contributed by atoms with Gasteiger partial charge in [-0.3, -0.25) is 9.69 Å². The van der Waals surface area contributed by atoms with E-state index in [1.165, 1.54) is 22.5 Å². The van der Waals surface area contributed by atoms with Crippen LogP contribution in [0.1, 0.15) is 20.8 Å². The minimum absolute atomic E-state index is 0.136. The van der Waals surface area contributed by atoms with E-state index in [9.17, 15) is 4.79 Å². The SMILES string of the molecule is Cc1cccc(CN2CCN(C(=O)c3cc(Br)c(Br)s3)CC2)c1. The number of aryl methyl sites for hydroxylation is 1. The van der Waals surface area contributed by atoms with Crippen molar-refractivity contribution in [3.63, 3.8) is 0 Å². The van der Waals surface area contributed by atoms with E-state index < -0.39 is 0 Å². The average Bonchev–Trinajstić information content (AvgIpc) is 2.87. The van der Waals surface area contributed by atoms with E-state index in [2.05, 4.69) is 67.9 Å². The summed E-state index contributed by atoms with van der Waals surface area (Å²) in [6, 6.07) is 10.5. The fourth-order valence-electron chi connectivity index (χ4n) is 2.79. The molecular weight excluding hydrogens is 440 g/mol. The fourth-order valence-corrected chi connectivity index (χ4v) is 4.79. The highest BCUT2D eigenvalue weighted by Gasteiger charge is 2.23. The number of piperazine rings is 1. The molecule has 2 aromatic rings. The molecule has 1 aromatic carbocycles. The molecule has 3 nitrogen and oxygen atoms in total. The Morgan fingerprint density at radius 2 is 1.91 bits per heavy atom. The lowest BCUT2D eigenvalue weighted by Crippen LogP contribution is -2.48. The van der Waals surface area contributed by atoms with Gasteiger partial charge < -0.3 is 4.90 Å². The van der Waals surface area contributed by atoms with Crippen LogP contribution in [-0.4, -0.2) is 41.9 Å². The van der Waals surface area contributed by atoms with Crippen LogP contribution in [0.4, 0.5) is 0 Å². The zero-order valence-corrected chi connectivity index (χ0v) is 16.9. The lowest BCUT2D eigenvalue weighted by atomic mass is 10.1. The van der Waals surface area contributed by atoms with Gasteiger partial charge in [-0.2, -0.15) is 0 Å². The van der Waals surface area contributed by atoms with Gasteiger partial charge in [-0.15, -0.1) is 11.3 Å². The minimum Gasteiger partial charge on any atom is -0.335 e. The largest absolute Gasteiger partial charge is 0.335 e. The van der Waals surface area contributed by atoms with Crippen LogP contribution in [0.25, 0.3) is 0 Å². The van der Waals surface area contributed by atoms with E-state index in [0.717, 1.165) is 45.9 Å². The predicted octanol–water partition coefficient (Wildman–Crippen LogP) is 4.54. The Morgan fingerprint density at radius 1 is 1.17 bits per heavy atom. The Morgan fingerprint density at radius 3 is 2.52 bits per heavy atom. The summed E-state index contributed by atoms with van der Waals surface area (Å²) in [7, 11) is 0. The molecule has 23 heavy (non-hydrogen) atoms. The summed E-state index contributed by atoms with van der Waals surface area (Å²) in [6.07, 6.45) is 0. The van der Waals surface area contributed by atoms with E-state index in [1.54, 1.807) is 0 Å². The highest BCUT2D eigenvalue weighted by atomic mass is 79.9. The molecule has 0 aliphatic carbocycles. The first-order valence-corrected chi connectivity index (χ1v) is 9.95. The number of hydrogen-bond donors (Lipinski definition) is 0. The van der Waals surface area contributed by atoms with Crippen LogP contribution in [0, 0.1) is 6.92 Å². The summed E-state index contributed by atoms with van der Waals surface area (Å²) in [5, 5.41) is 0. The number of amides is 1. The first-order chi connectivity index (χ1) is 11.0. The molecule has 2 heterocycles. The second-order valence-electron chi connectivity index (χ2n) is 5.79. The van der Waals surface area contributed by atoms with Gasteiger partial charge in [-0.1, -0.05) is 29.8 Å². The first-order valence-electron chi connectivity index (χ1n) is 7.55. The molecule has 1 amide bonds. The summed E-state index contributed by atoms with van der Waals surface area (Å²) in [6.45, 7) is 6.51. The van der Waals surface area contributed by atoms with Gasteiger partial charge in [0.2, 0.25) is 0 Å². The summed E-state index contributed by atoms with van der Waals surface area (Å²) >= 11 is 8.38. The van der Waals surface area contributed by atoms with Crippen LogP contribution in [0.3, 0.4) is 0 Å². The molecule has 1 aliphatic heterocycles. The van der Waals surface area contributed by atoms with Crippen molar-refractivity contribution in [3.8, 4) is 0 Å². The van der Waals surface area contributed by atoms with Crippen LogP contribution >= 0.6 is 43.2 Å². The van der Waals surface area contributed by atoms with Gasteiger partial charge >= 0.3 is 0 Å². The lowest BCUT2D eigenvalue weighted by molar-refractivity contribution is 0.0633. The fraction of sp³-hybridized carbons (Fsp3) is 0.353. The first kappa shape index (κ1) is 17.1. The van der Waals surface area contributed by atoms with E-state index in [0.29, 0.717) is 0 Å². The third-order valence-corrected chi connectivity index (χ3v) is 7.25. The maximum Gasteiger partial charge on any atom is 0.264 e. The van der Waals surface area contributed by atoms with Crippen molar-refractivity contribution in [2.24, 2.45) is 0 Å². The smallest absolute Gasteiger partial charge is 0.264 e. The molecule has 3 rings (SSSR count). The summed E-state index contributed by atoms with van der Waals surface area (Å²) in [5.41, 5.74) is 2.64. The van der Waals surface area contributed by atoms with Crippen LogP contribution in [-0.2, 0) is 6.54 Å². The molecule has 1 aromatic heterocycles. The van der Waals surface area contributed by atoms with Crippen LogP contribution in [0.15, 0.2) is 38.6 Å². The molecule has 1 fully saturated rings. The van der Waals surface area contributed by atoms with E-state index in [-0.39, 0.29) is 5.91 Å². The third kappa shape index (κ3) is 4.24. The molecule has 0 saturated carbocycles. The summed E-state index contributed by atoms with van der Waals surface area (Å²) in [5.74, 6) is 0.136. The molecular formula is C17H18Br2N2OS. The van der Waals surface area contributed by atoms with Crippen molar-refractivity contribution in [1.82, 2.24) is 9.80 Å². The second-order valence-corrected chi connectivity index (χ2v) is 9.01. The molecule has 0 unspecified atom stereocenters. The zero-order chi connectivity index (χ0) is 16.4. The second kappa shape index (κ2) is 7.47. The standard InChI is InChI=1S/C17H18Br2N2OS/c1-12-3-2-4-13(9-12)11-20-5-7-21(8-6-20)17(22)15-10-14(18)16(19)23-15/h2-4,9-10H,5-8,11H2,1H3. The van der Waals surface area contributed by atoms with E-state index >= 15 is 0 Å². The van der Waals surface area contributed by atoms with E-state index in [4.69, 9.17) is 0 Å². The predicted molar refractivity (Wildman–Crippen MR) is 102 cm³/mol. The number of nitrogens with zero attached hydrogens (tertiary/aromatic N) is 2. The number of rotatable bonds is 3. The van der Waals surface area contributed by atoms with Gasteiger partial charge in [0.25, 0.3) is 5.91 Å². The number of thiophene rings is 1. The van der Waals surface area contributed by atoms with Gasteiger partial charge in [0.15, 0.2) is 0 Å². The van der Waals surface area contributed by atoms with Gasteiger partial charge in [0, 0.05) is 37.2 Å². The van der Waals surface area contributed by atoms with Crippen LogP contribution < -0.4 is 0 Å². The monoisotopic (exact) mass is 456 g/mol. The van der Waals surface area contributed by atoms with Gasteiger partial charge in [0.1, 0.15) is 0 Å². The Labute approximate surface area is 157 Å². The molecule has 1 aliphatic rings. The Bertz CT molecular complexity index is 689. The number of halogens is 2. The van der Waals surface area contributed by atoms with Crippen LogP contribution in [0.2, 0.25) is 0 Å². The maximum atomic E-state index is 12.6. The summed E-state index contributed by atoms with van der Waals surface area (Å²) in [4.78, 5) is 17.7. The van der Waals surface area contributed by atoms with Crippen molar-refractivity contribution in [2.45, 2.75) is 13.5 Å². The third-order valence-electron chi connectivity index (χ3n) is 4.00. The summed E-state index contributed by atoms with van der Waals surface area (Å²) < 4.78 is 1.92. The maximum absolute atomic E-state index is 12.6. The zero-order valence-electron chi connectivity index (χ0n) is 12.9. The molecule has 1 saturated heterocycles. The van der Waals surface area contributed by atoms with E-state index in [1.807, 2.05) is 11.0 Å². The quantitative estimate of drug-likeness (QED) is 0.675. The van der Waals surface area contributed by atoms with Crippen molar-refractivity contribution in [1.29, 1.82) is 0 Å². The van der Waals surface area contributed by atoms with Crippen LogP contribution in [0.5, 0.6) is 0 Å². The Balaban J connectivity index is 1.56.